The van der Waals surface area contributed by atoms with Gasteiger partial charge in [-0.2, -0.15) is 0 Å². The Labute approximate surface area is 150 Å². The van der Waals surface area contributed by atoms with Crippen molar-refractivity contribution in [3.05, 3.63) is 41.3 Å². The third kappa shape index (κ3) is 4.49. The van der Waals surface area contributed by atoms with E-state index in [0.717, 1.165) is 0 Å². The molecule has 0 saturated heterocycles. The van der Waals surface area contributed by atoms with Crippen LogP contribution in [-0.2, 0) is 16.1 Å². The molecule has 2 aromatic rings. The monoisotopic (exact) mass is 362 g/mol. The summed E-state index contributed by atoms with van der Waals surface area (Å²) in [7, 11) is 0. The van der Waals surface area contributed by atoms with Crippen LogP contribution in [0.2, 0.25) is 0 Å². The summed E-state index contributed by atoms with van der Waals surface area (Å²) in [4.78, 5) is 12.2. The number of benzene rings is 1. The lowest BCUT2D eigenvalue weighted by atomic mass is 9.98. The molecule has 0 fully saturated rings. The molecule has 0 N–H and O–H groups in total. The quantitative estimate of drug-likeness (QED) is 0.460. The van der Waals surface area contributed by atoms with Crippen LogP contribution in [-0.4, -0.2) is 33.2 Å². The van der Waals surface area contributed by atoms with Gasteiger partial charge in [0.05, 0.1) is 23.4 Å². The van der Waals surface area contributed by atoms with Crippen molar-refractivity contribution in [2.75, 3.05) is 6.61 Å². The van der Waals surface area contributed by atoms with Gasteiger partial charge in [-0.05, 0) is 40.7 Å². The summed E-state index contributed by atoms with van der Waals surface area (Å²) in [5.41, 5.74) is 2.31. The van der Waals surface area contributed by atoms with Crippen molar-refractivity contribution in [3.63, 3.8) is 0 Å². The van der Waals surface area contributed by atoms with E-state index in [4.69, 9.17) is 9.26 Å². The lowest BCUT2D eigenvalue weighted by molar-refractivity contribution is 0.0527. The summed E-state index contributed by atoms with van der Waals surface area (Å²) in [5.74, 6) is -0.0632. The Morgan fingerprint density at radius 2 is 2.08 bits per heavy atom. The van der Waals surface area contributed by atoms with E-state index in [-0.39, 0.29) is 6.61 Å². The second-order valence-corrected chi connectivity index (χ2v) is 8.30. The van der Waals surface area contributed by atoms with Crippen LogP contribution >= 0.6 is 0 Å². The molecule has 2 rings (SSSR count). The van der Waals surface area contributed by atoms with E-state index in [9.17, 15) is 9.35 Å². The first-order chi connectivity index (χ1) is 11.8. The fraction of sp³-hybridized carbons (Fsp3) is 0.389. The van der Waals surface area contributed by atoms with Crippen LogP contribution in [0.15, 0.2) is 33.2 Å². The number of hydrogen-bond acceptors (Lipinski definition) is 6. The molecule has 0 aliphatic rings. The number of ether oxygens (including phenoxy) is 1. The van der Waals surface area contributed by atoms with Crippen molar-refractivity contribution < 1.29 is 18.6 Å². The molecule has 7 heteroatoms. The Hall–Kier alpha value is -2.12. The standard InChI is InChI=1S/C18H22N2O4S/c1-6-23-17(21)14-10-8-7-9-13(14)16-12(2)20-24-15(16)11-19-25(22)18(3,4)5/h7-11H,6H2,1-5H3/b19-11+/t25-/m0/s1. The molecular weight excluding hydrogens is 340 g/mol. The third-order valence-corrected chi connectivity index (χ3v) is 4.72. The largest absolute Gasteiger partial charge is 0.591 e. The van der Waals surface area contributed by atoms with Gasteiger partial charge in [0, 0.05) is 5.56 Å². The van der Waals surface area contributed by atoms with E-state index in [1.54, 1.807) is 32.0 Å². The second kappa shape index (κ2) is 7.84. The van der Waals surface area contributed by atoms with E-state index in [1.165, 1.54) is 6.21 Å². The summed E-state index contributed by atoms with van der Waals surface area (Å²) in [6, 6.07) is 7.07. The van der Waals surface area contributed by atoms with Crippen LogP contribution in [0.4, 0.5) is 0 Å². The SMILES string of the molecule is CCOC(=O)c1ccccc1-c1c(C)noc1/C=N/[S@@+]([O-])C(C)(C)C. The van der Waals surface area contributed by atoms with Crippen molar-refractivity contribution in [1.29, 1.82) is 0 Å². The highest BCUT2D eigenvalue weighted by molar-refractivity contribution is 7.91. The fourth-order valence-electron chi connectivity index (χ4n) is 2.14. The minimum Gasteiger partial charge on any atom is -0.591 e. The Balaban J connectivity index is 2.47. The number of rotatable bonds is 5. The average Bonchev–Trinajstić information content (AvgIpc) is 2.92. The van der Waals surface area contributed by atoms with Gasteiger partial charge in [0.1, 0.15) is 22.3 Å². The van der Waals surface area contributed by atoms with Gasteiger partial charge in [-0.25, -0.2) is 4.79 Å². The number of aryl methyl sites for hydroxylation is 1. The summed E-state index contributed by atoms with van der Waals surface area (Å²) in [6.07, 6.45) is 1.40. The van der Waals surface area contributed by atoms with Gasteiger partial charge in [-0.15, -0.1) is 0 Å². The van der Waals surface area contributed by atoms with Crippen molar-refractivity contribution in [1.82, 2.24) is 5.16 Å². The minimum absolute atomic E-state index is 0.286. The van der Waals surface area contributed by atoms with Crippen LogP contribution in [0.5, 0.6) is 0 Å². The number of carbonyl (C=O) groups is 1. The highest BCUT2D eigenvalue weighted by Crippen LogP contribution is 2.30. The Morgan fingerprint density at radius 3 is 2.72 bits per heavy atom. The maximum Gasteiger partial charge on any atom is 0.338 e. The number of aromatic nitrogens is 1. The van der Waals surface area contributed by atoms with E-state index in [1.807, 2.05) is 26.8 Å². The topological polar surface area (TPSA) is 87.8 Å². The normalized spacial score (nSPS) is 13.2. The first-order valence-electron chi connectivity index (χ1n) is 7.94. The minimum atomic E-state index is -1.42. The van der Waals surface area contributed by atoms with Crippen LogP contribution in [0.25, 0.3) is 11.1 Å². The second-order valence-electron chi connectivity index (χ2n) is 6.37. The molecule has 0 aliphatic heterocycles. The maximum absolute atomic E-state index is 12.2. The predicted molar refractivity (Wildman–Crippen MR) is 98.1 cm³/mol. The molecule has 0 bridgehead atoms. The van der Waals surface area contributed by atoms with E-state index in [0.29, 0.717) is 28.1 Å². The lowest BCUT2D eigenvalue weighted by Gasteiger charge is -2.17. The highest BCUT2D eigenvalue weighted by Gasteiger charge is 2.27. The lowest BCUT2D eigenvalue weighted by Crippen LogP contribution is -2.25. The first-order valence-corrected chi connectivity index (χ1v) is 9.05. The molecule has 1 aromatic heterocycles. The molecule has 25 heavy (non-hydrogen) atoms. The average molecular weight is 362 g/mol. The number of hydrogen-bond donors (Lipinski definition) is 0. The Kier molecular flexibility index (Phi) is 6.02. The van der Waals surface area contributed by atoms with E-state index in [2.05, 4.69) is 9.55 Å². The van der Waals surface area contributed by atoms with Crippen LogP contribution in [0.3, 0.4) is 0 Å². The maximum atomic E-state index is 12.2. The molecule has 0 saturated carbocycles. The Bertz CT molecular complexity index is 778. The highest BCUT2D eigenvalue weighted by atomic mass is 32.2. The molecular formula is C18H22N2O4S. The molecule has 134 valence electrons. The van der Waals surface area contributed by atoms with Gasteiger partial charge in [0.15, 0.2) is 5.76 Å². The molecule has 0 amide bonds. The number of esters is 1. The van der Waals surface area contributed by atoms with Gasteiger partial charge < -0.3 is 13.8 Å². The summed E-state index contributed by atoms with van der Waals surface area (Å²) >= 11 is -1.42. The van der Waals surface area contributed by atoms with Crippen molar-refractivity contribution in [3.8, 4) is 11.1 Å². The molecule has 1 atom stereocenters. The third-order valence-electron chi connectivity index (χ3n) is 3.37. The number of carbonyl (C=O) groups excluding carboxylic acids is 1. The van der Waals surface area contributed by atoms with Gasteiger partial charge >= 0.3 is 5.97 Å². The number of nitrogens with zero attached hydrogens (tertiary/aromatic N) is 2. The van der Waals surface area contributed by atoms with Crippen LogP contribution in [0.1, 0.15) is 49.5 Å². The van der Waals surface area contributed by atoms with Crippen LogP contribution < -0.4 is 0 Å². The molecule has 1 aromatic carbocycles. The molecule has 0 spiro atoms. The van der Waals surface area contributed by atoms with Gasteiger partial charge in [-0.1, -0.05) is 27.8 Å². The predicted octanol–water partition coefficient (Wildman–Crippen LogP) is 3.71. The molecule has 0 radical (unpaired) electrons. The molecule has 0 unspecified atom stereocenters. The summed E-state index contributed by atoms with van der Waals surface area (Å²) in [5, 5.41) is 3.96. The fourth-order valence-corrected chi connectivity index (χ4v) is 2.65. The zero-order valence-electron chi connectivity index (χ0n) is 15.0. The first kappa shape index (κ1) is 19.2. The van der Waals surface area contributed by atoms with Crippen molar-refractivity contribution in [2.45, 2.75) is 39.4 Å². The Morgan fingerprint density at radius 1 is 1.40 bits per heavy atom. The zero-order valence-corrected chi connectivity index (χ0v) is 15.8. The summed E-state index contributed by atoms with van der Waals surface area (Å²) in [6.45, 7) is 9.33. The summed E-state index contributed by atoms with van der Waals surface area (Å²) < 4.78 is 26.2. The van der Waals surface area contributed by atoms with Gasteiger partial charge in [0.25, 0.3) is 0 Å². The molecule has 6 nitrogen and oxygen atoms in total. The van der Waals surface area contributed by atoms with Crippen LogP contribution in [0, 0.1) is 6.92 Å². The van der Waals surface area contributed by atoms with Crippen molar-refractivity contribution >= 4 is 23.5 Å². The van der Waals surface area contributed by atoms with E-state index >= 15 is 0 Å². The molecule has 1 heterocycles. The smallest absolute Gasteiger partial charge is 0.338 e. The van der Waals surface area contributed by atoms with Crippen molar-refractivity contribution in [2.24, 2.45) is 4.40 Å². The van der Waals surface area contributed by atoms with Gasteiger partial charge in [-0.3, -0.25) is 0 Å². The molecule has 0 aliphatic carbocycles. The van der Waals surface area contributed by atoms with Gasteiger partial charge in [0.2, 0.25) is 0 Å². The van der Waals surface area contributed by atoms with E-state index < -0.39 is 22.1 Å². The zero-order chi connectivity index (χ0) is 18.6.